The van der Waals surface area contributed by atoms with Gasteiger partial charge in [-0.1, -0.05) is 6.92 Å². The van der Waals surface area contributed by atoms with E-state index in [1.54, 1.807) is 24.2 Å². The van der Waals surface area contributed by atoms with E-state index in [1.807, 2.05) is 24.9 Å². The summed E-state index contributed by atoms with van der Waals surface area (Å²) in [6.45, 7) is 7.03. The van der Waals surface area contributed by atoms with Crippen LogP contribution in [-0.2, 0) is 9.53 Å². The number of morpholine rings is 1. The molecule has 4 rings (SSSR count). The van der Waals surface area contributed by atoms with Gasteiger partial charge in [0, 0.05) is 38.1 Å². The van der Waals surface area contributed by atoms with Gasteiger partial charge in [0.2, 0.25) is 11.8 Å². The number of hydrogen-bond donors (Lipinski definition) is 2. The van der Waals surface area contributed by atoms with Crippen molar-refractivity contribution in [2.24, 2.45) is 0 Å². The summed E-state index contributed by atoms with van der Waals surface area (Å²) in [5, 5.41) is 5.86. The summed E-state index contributed by atoms with van der Waals surface area (Å²) in [4.78, 5) is 45.0. The highest BCUT2D eigenvalue weighted by Gasteiger charge is 2.36. The predicted octanol–water partition coefficient (Wildman–Crippen LogP) is 2.45. The molecule has 0 aromatic carbocycles. The lowest BCUT2D eigenvalue weighted by Crippen LogP contribution is -2.56. The molecule has 0 spiro atoms. The Kier molecular flexibility index (Phi) is 9.29. The molecular formula is C26H38N8O4. The number of urea groups is 1. The molecule has 2 N–H and O–H groups in total. The topological polar surface area (TPSA) is 125 Å². The Labute approximate surface area is 223 Å². The van der Waals surface area contributed by atoms with E-state index < -0.39 is 0 Å². The minimum Gasteiger partial charge on any atom is -0.477 e. The fraction of sp³-hybridized carbons (Fsp3) is 0.577. The van der Waals surface area contributed by atoms with E-state index in [1.165, 1.54) is 12.4 Å². The zero-order chi connectivity index (χ0) is 27.1. The molecule has 12 heteroatoms. The number of carbonyl (C=O) groups excluding carboxylic acids is 2. The van der Waals surface area contributed by atoms with Gasteiger partial charge >= 0.3 is 6.03 Å². The van der Waals surface area contributed by atoms with Crippen LogP contribution in [0.2, 0.25) is 0 Å². The molecule has 2 aromatic rings. The van der Waals surface area contributed by atoms with Gasteiger partial charge in [-0.3, -0.25) is 15.0 Å². The molecule has 3 atom stereocenters. The van der Waals surface area contributed by atoms with Gasteiger partial charge in [0.15, 0.2) is 5.82 Å². The molecule has 206 valence electrons. The van der Waals surface area contributed by atoms with Crippen molar-refractivity contribution in [2.45, 2.75) is 51.2 Å². The van der Waals surface area contributed by atoms with Crippen LogP contribution in [0.3, 0.4) is 0 Å². The molecule has 0 radical (unpaired) electrons. The molecule has 2 fully saturated rings. The lowest BCUT2D eigenvalue weighted by Gasteiger charge is -2.45. The minimum atomic E-state index is -0.324. The Morgan fingerprint density at radius 2 is 2.03 bits per heavy atom. The van der Waals surface area contributed by atoms with Crippen molar-refractivity contribution in [3.8, 4) is 5.88 Å². The third-order valence-corrected chi connectivity index (χ3v) is 7.14. The molecule has 2 aliphatic heterocycles. The molecule has 2 saturated heterocycles. The number of aromatic nitrogens is 3. The van der Waals surface area contributed by atoms with Gasteiger partial charge in [-0.15, -0.1) is 0 Å². The molecule has 2 aromatic heterocycles. The number of rotatable bonds is 8. The smallest absolute Gasteiger partial charge is 0.323 e. The molecular weight excluding hydrogens is 488 g/mol. The first-order chi connectivity index (χ1) is 18.4. The number of pyridine rings is 1. The van der Waals surface area contributed by atoms with Crippen LogP contribution in [0.15, 0.2) is 30.7 Å². The molecule has 0 saturated carbocycles. The summed E-state index contributed by atoms with van der Waals surface area (Å²) in [7, 11) is 3.74. The fourth-order valence-electron chi connectivity index (χ4n) is 5.06. The number of ether oxygens (including phenoxy) is 2. The van der Waals surface area contributed by atoms with E-state index in [0.717, 1.165) is 38.2 Å². The number of nitrogens with one attached hydrogen (secondary N) is 2. The van der Waals surface area contributed by atoms with Gasteiger partial charge in [-0.2, -0.15) is 0 Å². The van der Waals surface area contributed by atoms with Gasteiger partial charge in [0.25, 0.3) is 0 Å². The highest BCUT2D eigenvalue weighted by molar-refractivity contribution is 5.95. The number of carbonyl (C=O) groups is 2. The Hall–Kier alpha value is -3.51. The van der Waals surface area contributed by atoms with E-state index in [0.29, 0.717) is 37.2 Å². The Morgan fingerprint density at radius 1 is 1.18 bits per heavy atom. The third-order valence-electron chi connectivity index (χ3n) is 7.14. The number of likely N-dealkylation sites (N-methyl/N-ethyl adjacent to an activating group) is 2. The van der Waals surface area contributed by atoms with Crippen molar-refractivity contribution >= 4 is 29.3 Å². The van der Waals surface area contributed by atoms with Crippen molar-refractivity contribution in [3.63, 3.8) is 0 Å². The fourth-order valence-corrected chi connectivity index (χ4v) is 5.06. The predicted molar refractivity (Wildman–Crippen MR) is 145 cm³/mol. The van der Waals surface area contributed by atoms with Crippen LogP contribution in [0.4, 0.5) is 22.1 Å². The van der Waals surface area contributed by atoms with E-state index in [2.05, 4.69) is 37.4 Å². The number of amides is 3. The first-order valence-electron chi connectivity index (χ1n) is 13.2. The maximum Gasteiger partial charge on any atom is 0.323 e. The van der Waals surface area contributed by atoms with Crippen LogP contribution in [0.5, 0.6) is 5.88 Å². The summed E-state index contributed by atoms with van der Waals surface area (Å²) < 4.78 is 10.8. The monoisotopic (exact) mass is 526 g/mol. The van der Waals surface area contributed by atoms with Gasteiger partial charge in [-0.05, 0) is 39.3 Å². The summed E-state index contributed by atoms with van der Waals surface area (Å²) in [5.74, 6) is 1.46. The zero-order valence-electron chi connectivity index (χ0n) is 22.6. The van der Waals surface area contributed by atoms with Crippen molar-refractivity contribution in [1.29, 1.82) is 0 Å². The van der Waals surface area contributed by atoms with Crippen LogP contribution in [0.25, 0.3) is 0 Å². The lowest BCUT2D eigenvalue weighted by molar-refractivity contribution is -0.126. The van der Waals surface area contributed by atoms with Gasteiger partial charge < -0.3 is 24.6 Å². The van der Waals surface area contributed by atoms with Crippen LogP contribution in [0.1, 0.15) is 33.1 Å². The maximum absolute atomic E-state index is 13.1. The highest BCUT2D eigenvalue weighted by Crippen LogP contribution is 2.30. The molecule has 38 heavy (non-hydrogen) atoms. The van der Waals surface area contributed by atoms with E-state index in [4.69, 9.17) is 9.47 Å². The van der Waals surface area contributed by atoms with Gasteiger partial charge in [0.05, 0.1) is 44.3 Å². The number of piperidine rings is 1. The molecule has 0 aliphatic carbocycles. The average Bonchev–Trinajstić information content (AvgIpc) is 2.93. The molecule has 4 heterocycles. The summed E-state index contributed by atoms with van der Waals surface area (Å²) in [6.07, 6.45) is 7.30. The standard InChI is InChI=1S/C26H38N8O4/c1-5-19-20(33(4)26(36)31-22-15-29-24(16-28-22)38-6-2)8-7-11-34(19)23-14-18(9-10-27-23)30-25(35)21-17-37-13-12-32(21)3/h9-10,14-16,19-21H,5-8,11-13,17H2,1-4H3,(H,27,30,35)(H,28,31,36)/t19-,20-,21+/m1/s1. The lowest BCUT2D eigenvalue weighted by atomic mass is 9.93. The number of hydrogen-bond acceptors (Lipinski definition) is 9. The second-order valence-corrected chi connectivity index (χ2v) is 9.56. The first kappa shape index (κ1) is 27.5. The van der Waals surface area contributed by atoms with Crippen LogP contribution >= 0.6 is 0 Å². The molecule has 3 amide bonds. The zero-order valence-corrected chi connectivity index (χ0v) is 22.6. The second kappa shape index (κ2) is 12.8. The number of nitrogens with zero attached hydrogens (tertiary/aromatic N) is 6. The third kappa shape index (κ3) is 6.48. The van der Waals surface area contributed by atoms with Crippen molar-refractivity contribution in [1.82, 2.24) is 24.8 Å². The van der Waals surface area contributed by atoms with Crippen LogP contribution in [-0.4, -0.2) is 102 Å². The molecule has 2 aliphatic rings. The van der Waals surface area contributed by atoms with E-state index in [9.17, 15) is 9.59 Å². The SMILES string of the molecule is CCOc1cnc(NC(=O)N(C)[C@@H]2CCCN(c3cc(NC(=O)[C@@H]4COCCN4C)ccn3)[C@@H]2CC)cn1. The number of anilines is 3. The molecule has 0 bridgehead atoms. The van der Waals surface area contributed by atoms with Crippen molar-refractivity contribution in [2.75, 3.05) is 62.5 Å². The summed E-state index contributed by atoms with van der Waals surface area (Å²) >= 11 is 0. The summed E-state index contributed by atoms with van der Waals surface area (Å²) in [6, 6.07) is 3.16. The Balaban J connectivity index is 1.43. The quantitative estimate of drug-likeness (QED) is 0.534. The molecule has 12 nitrogen and oxygen atoms in total. The van der Waals surface area contributed by atoms with Crippen LogP contribution in [0, 0.1) is 0 Å². The van der Waals surface area contributed by atoms with E-state index >= 15 is 0 Å². The average molecular weight is 527 g/mol. The molecule has 0 unspecified atom stereocenters. The first-order valence-corrected chi connectivity index (χ1v) is 13.2. The van der Waals surface area contributed by atoms with Gasteiger partial charge in [0.1, 0.15) is 11.9 Å². The van der Waals surface area contributed by atoms with E-state index in [-0.39, 0.29) is 30.1 Å². The van der Waals surface area contributed by atoms with Crippen molar-refractivity contribution < 1.29 is 19.1 Å². The highest BCUT2D eigenvalue weighted by atomic mass is 16.5. The maximum atomic E-state index is 13.1. The second-order valence-electron chi connectivity index (χ2n) is 9.56. The normalized spacial score (nSPS) is 22.0. The van der Waals surface area contributed by atoms with Gasteiger partial charge in [-0.25, -0.2) is 19.7 Å². The Bertz CT molecular complexity index is 1090. The summed E-state index contributed by atoms with van der Waals surface area (Å²) in [5.41, 5.74) is 0.691. The van der Waals surface area contributed by atoms with Crippen LogP contribution < -0.4 is 20.3 Å². The van der Waals surface area contributed by atoms with Crippen molar-refractivity contribution in [3.05, 3.63) is 30.7 Å². The Morgan fingerprint density at radius 3 is 2.74 bits per heavy atom. The minimum absolute atomic E-state index is 0.0301. The largest absolute Gasteiger partial charge is 0.477 e.